The van der Waals surface area contributed by atoms with E-state index in [0.29, 0.717) is 49.0 Å². The second-order valence-corrected chi connectivity index (χ2v) is 6.39. The maximum absolute atomic E-state index is 12.1. The van der Waals surface area contributed by atoms with Crippen molar-refractivity contribution in [2.24, 2.45) is 0 Å². The van der Waals surface area contributed by atoms with Gasteiger partial charge in [0.25, 0.3) is 5.89 Å². The molecule has 0 atom stereocenters. The fourth-order valence-electron chi connectivity index (χ4n) is 2.88. The van der Waals surface area contributed by atoms with Crippen LogP contribution < -0.4 is 5.32 Å². The number of aromatic nitrogens is 5. The van der Waals surface area contributed by atoms with Gasteiger partial charge in [-0.05, 0) is 24.1 Å². The first kappa shape index (κ1) is 17.8. The molecule has 142 valence electrons. The van der Waals surface area contributed by atoms with E-state index in [-0.39, 0.29) is 5.91 Å². The summed E-state index contributed by atoms with van der Waals surface area (Å²) in [5.74, 6) is 1.76. The van der Waals surface area contributed by atoms with E-state index in [1.54, 1.807) is 0 Å². The molecule has 8 nitrogen and oxygen atoms in total. The largest absolute Gasteiger partial charge is 0.349 e. The highest BCUT2D eigenvalue weighted by atomic mass is 16.5. The number of rotatable bonds is 7. The van der Waals surface area contributed by atoms with Crippen LogP contribution in [0.25, 0.3) is 17.1 Å². The van der Waals surface area contributed by atoms with Crippen molar-refractivity contribution in [3.05, 3.63) is 65.9 Å². The molecule has 0 saturated carbocycles. The van der Waals surface area contributed by atoms with E-state index in [0.717, 1.165) is 11.1 Å². The zero-order valence-electron chi connectivity index (χ0n) is 15.5. The lowest BCUT2D eigenvalue weighted by Crippen LogP contribution is -2.24. The van der Waals surface area contributed by atoms with Gasteiger partial charge in [-0.1, -0.05) is 42.4 Å². The molecule has 0 unspecified atom stereocenters. The smallest absolute Gasteiger partial charge is 0.258 e. The average molecular weight is 376 g/mol. The molecule has 0 aliphatic carbocycles. The molecule has 0 fully saturated rings. The van der Waals surface area contributed by atoms with Gasteiger partial charge in [0.05, 0.1) is 6.54 Å². The number of nitrogens with one attached hydrogen (secondary N) is 1. The van der Waals surface area contributed by atoms with Gasteiger partial charge < -0.3 is 9.84 Å². The van der Waals surface area contributed by atoms with Gasteiger partial charge in [-0.3, -0.25) is 9.20 Å². The third kappa shape index (κ3) is 3.90. The molecule has 1 amide bonds. The first-order valence-corrected chi connectivity index (χ1v) is 9.20. The van der Waals surface area contributed by atoms with E-state index >= 15 is 0 Å². The Bertz CT molecular complexity index is 1090. The number of carbonyl (C=O) groups is 1. The average Bonchev–Trinajstić information content (AvgIpc) is 3.38. The van der Waals surface area contributed by atoms with Crippen molar-refractivity contribution < 1.29 is 9.32 Å². The van der Waals surface area contributed by atoms with Crippen LogP contribution in [0.2, 0.25) is 0 Å². The van der Waals surface area contributed by atoms with Crippen LogP contribution in [0.4, 0.5) is 0 Å². The SMILES string of the molecule is CCc1noc(-c2ccn3c(CNC(=O)CCc4ccccc4)nnc3c2)n1. The Labute approximate surface area is 161 Å². The Kier molecular flexibility index (Phi) is 5.09. The lowest BCUT2D eigenvalue weighted by Gasteiger charge is -2.05. The molecular formula is C20H20N6O2. The van der Waals surface area contributed by atoms with Gasteiger partial charge in [-0.15, -0.1) is 10.2 Å². The summed E-state index contributed by atoms with van der Waals surface area (Å²) in [4.78, 5) is 16.4. The van der Waals surface area contributed by atoms with Gasteiger partial charge in [0.2, 0.25) is 5.91 Å². The molecule has 28 heavy (non-hydrogen) atoms. The number of fused-ring (bicyclic) bond motifs is 1. The highest BCUT2D eigenvalue weighted by Gasteiger charge is 2.12. The van der Waals surface area contributed by atoms with Crippen LogP contribution in [-0.2, 0) is 24.2 Å². The second kappa shape index (κ2) is 7.99. The predicted octanol–water partition coefficient (Wildman–Crippen LogP) is 2.59. The standard InChI is InChI=1S/C20H20N6O2/c1-2-16-22-20(28-25-16)15-10-11-26-17(12-15)23-24-18(26)13-21-19(27)9-8-14-6-4-3-5-7-14/h3-7,10-12H,2,8-9,13H2,1H3,(H,21,27). The Morgan fingerprint density at radius 2 is 2.04 bits per heavy atom. The van der Waals surface area contributed by atoms with Crippen LogP contribution in [-0.4, -0.2) is 30.6 Å². The number of pyridine rings is 1. The summed E-state index contributed by atoms with van der Waals surface area (Å²) in [5, 5.41) is 15.2. The quantitative estimate of drug-likeness (QED) is 0.532. The van der Waals surface area contributed by atoms with Gasteiger partial charge in [0.15, 0.2) is 17.3 Å². The van der Waals surface area contributed by atoms with Gasteiger partial charge in [-0.2, -0.15) is 4.98 Å². The van der Waals surface area contributed by atoms with Gasteiger partial charge in [0, 0.05) is 24.6 Å². The number of amides is 1. The van der Waals surface area contributed by atoms with E-state index < -0.39 is 0 Å². The Morgan fingerprint density at radius 3 is 2.82 bits per heavy atom. The topological polar surface area (TPSA) is 98.2 Å². The lowest BCUT2D eigenvalue weighted by atomic mass is 10.1. The number of benzene rings is 1. The van der Waals surface area contributed by atoms with Crippen molar-refractivity contribution in [3.8, 4) is 11.5 Å². The fraction of sp³-hybridized carbons (Fsp3) is 0.250. The number of aryl methyl sites for hydroxylation is 2. The molecule has 3 aromatic heterocycles. The van der Waals surface area contributed by atoms with E-state index in [4.69, 9.17) is 4.52 Å². The molecule has 3 heterocycles. The molecule has 0 saturated heterocycles. The molecule has 0 aliphatic rings. The van der Waals surface area contributed by atoms with E-state index in [1.807, 2.05) is 60.0 Å². The first-order valence-electron chi connectivity index (χ1n) is 9.20. The lowest BCUT2D eigenvalue weighted by molar-refractivity contribution is -0.121. The number of hydrogen-bond acceptors (Lipinski definition) is 6. The summed E-state index contributed by atoms with van der Waals surface area (Å²) in [7, 11) is 0. The third-order valence-electron chi connectivity index (χ3n) is 4.44. The molecule has 0 bridgehead atoms. The summed E-state index contributed by atoms with van der Waals surface area (Å²) in [5.41, 5.74) is 2.58. The van der Waals surface area contributed by atoms with Crippen molar-refractivity contribution in [2.75, 3.05) is 0 Å². The summed E-state index contributed by atoms with van der Waals surface area (Å²) in [6.07, 6.45) is 3.69. The van der Waals surface area contributed by atoms with Crippen molar-refractivity contribution in [1.82, 2.24) is 30.1 Å². The zero-order valence-corrected chi connectivity index (χ0v) is 15.5. The minimum atomic E-state index is -0.0184. The normalized spacial score (nSPS) is 11.0. The van der Waals surface area contributed by atoms with Gasteiger partial charge in [0.1, 0.15) is 0 Å². The summed E-state index contributed by atoms with van der Waals surface area (Å²) < 4.78 is 7.10. The summed E-state index contributed by atoms with van der Waals surface area (Å²) >= 11 is 0. The van der Waals surface area contributed by atoms with Crippen molar-refractivity contribution in [3.63, 3.8) is 0 Å². The summed E-state index contributed by atoms with van der Waals surface area (Å²) in [6, 6.07) is 13.6. The second-order valence-electron chi connectivity index (χ2n) is 6.39. The predicted molar refractivity (Wildman–Crippen MR) is 102 cm³/mol. The molecule has 1 N–H and O–H groups in total. The fourth-order valence-corrected chi connectivity index (χ4v) is 2.88. The molecule has 4 rings (SSSR count). The first-order chi connectivity index (χ1) is 13.7. The van der Waals surface area contributed by atoms with E-state index in [1.165, 1.54) is 0 Å². The highest BCUT2D eigenvalue weighted by molar-refractivity contribution is 5.76. The Hall–Kier alpha value is -3.55. The zero-order chi connectivity index (χ0) is 19.3. The minimum absolute atomic E-state index is 0.0184. The molecule has 0 spiro atoms. The number of nitrogens with zero attached hydrogens (tertiary/aromatic N) is 5. The molecular weight excluding hydrogens is 356 g/mol. The third-order valence-corrected chi connectivity index (χ3v) is 4.44. The van der Waals surface area contributed by atoms with Crippen LogP contribution in [0.5, 0.6) is 0 Å². The van der Waals surface area contributed by atoms with Gasteiger partial charge in [-0.25, -0.2) is 0 Å². The maximum Gasteiger partial charge on any atom is 0.258 e. The maximum atomic E-state index is 12.1. The number of carbonyl (C=O) groups excluding carboxylic acids is 1. The Balaban J connectivity index is 1.39. The molecule has 0 aliphatic heterocycles. The van der Waals surface area contributed by atoms with Crippen LogP contribution in [0.3, 0.4) is 0 Å². The molecule has 8 heteroatoms. The highest BCUT2D eigenvalue weighted by Crippen LogP contribution is 2.19. The van der Waals surface area contributed by atoms with Crippen LogP contribution >= 0.6 is 0 Å². The van der Waals surface area contributed by atoms with Crippen molar-refractivity contribution in [2.45, 2.75) is 32.7 Å². The minimum Gasteiger partial charge on any atom is -0.349 e. The van der Waals surface area contributed by atoms with E-state index in [2.05, 4.69) is 25.7 Å². The monoisotopic (exact) mass is 376 g/mol. The Morgan fingerprint density at radius 1 is 1.18 bits per heavy atom. The molecule has 0 radical (unpaired) electrons. The molecule has 1 aromatic carbocycles. The summed E-state index contributed by atoms with van der Waals surface area (Å²) in [6.45, 7) is 2.28. The van der Waals surface area contributed by atoms with Crippen LogP contribution in [0.1, 0.15) is 30.6 Å². The molecule has 4 aromatic rings. The van der Waals surface area contributed by atoms with Crippen LogP contribution in [0, 0.1) is 0 Å². The van der Waals surface area contributed by atoms with Crippen molar-refractivity contribution >= 4 is 11.6 Å². The van der Waals surface area contributed by atoms with Crippen LogP contribution in [0.15, 0.2) is 53.2 Å². The van der Waals surface area contributed by atoms with Crippen molar-refractivity contribution in [1.29, 1.82) is 0 Å². The van der Waals surface area contributed by atoms with Gasteiger partial charge >= 0.3 is 0 Å². The number of hydrogen-bond donors (Lipinski definition) is 1. The van der Waals surface area contributed by atoms with E-state index in [9.17, 15) is 4.79 Å².